The van der Waals surface area contributed by atoms with Crippen molar-refractivity contribution in [2.24, 2.45) is 0 Å². The van der Waals surface area contributed by atoms with E-state index >= 15 is 0 Å². The molecule has 0 aliphatic rings. The van der Waals surface area contributed by atoms with E-state index in [1.807, 2.05) is 0 Å². The van der Waals surface area contributed by atoms with Crippen LogP contribution in [-0.4, -0.2) is 10.1 Å². The third-order valence-corrected chi connectivity index (χ3v) is 2.67. The molecular formula is C10H6INO3. The topological polar surface area (TPSA) is 70.2 Å². The molecule has 0 radical (unpaired) electrons. The van der Waals surface area contributed by atoms with Crippen molar-refractivity contribution < 1.29 is 5.11 Å². The van der Waals surface area contributed by atoms with Gasteiger partial charge in [0.05, 0.1) is 5.52 Å². The summed E-state index contributed by atoms with van der Waals surface area (Å²) in [4.78, 5) is 24.8. The maximum atomic E-state index is 11.2. The molecule has 5 heteroatoms. The third-order valence-electron chi connectivity index (χ3n) is 2.00. The van der Waals surface area contributed by atoms with Crippen molar-refractivity contribution in [3.63, 3.8) is 0 Å². The van der Waals surface area contributed by atoms with Crippen LogP contribution in [0.3, 0.4) is 0 Å². The van der Waals surface area contributed by atoms with Crippen LogP contribution in [0.1, 0.15) is 0 Å². The molecule has 1 heterocycles. The van der Waals surface area contributed by atoms with Gasteiger partial charge in [0.15, 0.2) is 0 Å². The molecule has 0 unspecified atom stereocenters. The second-order valence-corrected chi connectivity index (χ2v) is 4.28. The summed E-state index contributed by atoms with van der Waals surface area (Å²) in [5.74, 6) is -0.190. The molecule has 0 atom stereocenters. The number of fused-ring (bicyclic) bond motifs is 1. The Morgan fingerprint density at radius 2 is 1.93 bits per heavy atom. The molecule has 0 spiro atoms. The van der Waals surface area contributed by atoms with Crippen LogP contribution < -0.4 is 11.0 Å². The molecule has 2 rings (SSSR count). The maximum absolute atomic E-state index is 11.2. The van der Waals surface area contributed by atoms with E-state index < -0.39 is 11.0 Å². The number of aromatic hydroxyl groups is 1. The first kappa shape index (κ1) is 10.2. The van der Waals surface area contributed by atoms with Crippen LogP contribution >= 0.6 is 22.6 Å². The highest BCUT2D eigenvalue weighted by Gasteiger charge is 2.02. The summed E-state index contributed by atoms with van der Waals surface area (Å²) in [6.45, 7) is 0. The van der Waals surface area contributed by atoms with Gasteiger partial charge in [-0.1, -0.05) is 0 Å². The Morgan fingerprint density at radius 1 is 1.20 bits per heavy atom. The molecule has 76 valence electrons. The summed E-state index contributed by atoms with van der Waals surface area (Å²) in [6, 6.07) is 6.05. The van der Waals surface area contributed by atoms with Gasteiger partial charge in [-0.3, -0.25) is 9.59 Å². The van der Waals surface area contributed by atoms with Crippen LogP contribution in [0.2, 0.25) is 0 Å². The summed E-state index contributed by atoms with van der Waals surface area (Å²) in [7, 11) is 0. The molecule has 0 aliphatic carbocycles. The van der Waals surface area contributed by atoms with E-state index in [0.29, 0.717) is 10.9 Å². The minimum Gasteiger partial charge on any atom is -0.507 e. The van der Waals surface area contributed by atoms with Crippen molar-refractivity contribution >= 4 is 33.5 Å². The number of H-pyrrole nitrogens is 1. The summed E-state index contributed by atoms with van der Waals surface area (Å²) >= 11 is 2.08. The van der Waals surface area contributed by atoms with Crippen LogP contribution in [-0.2, 0) is 0 Å². The average Bonchev–Trinajstić information content (AvgIpc) is 2.25. The monoisotopic (exact) mass is 315 g/mol. The van der Waals surface area contributed by atoms with Crippen molar-refractivity contribution in [1.82, 2.24) is 4.98 Å². The van der Waals surface area contributed by atoms with Gasteiger partial charge in [0, 0.05) is 15.0 Å². The van der Waals surface area contributed by atoms with E-state index in [-0.39, 0.29) is 5.75 Å². The van der Waals surface area contributed by atoms with Gasteiger partial charge in [-0.2, -0.15) is 0 Å². The van der Waals surface area contributed by atoms with Gasteiger partial charge in [0.25, 0.3) is 5.56 Å². The minimum atomic E-state index is -0.751. The molecule has 0 aliphatic heterocycles. The number of hydrogen-bond acceptors (Lipinski definition) is 3. The first-order valence-electron chi connectivity index (χ1n) is 4.14. The Bertz CT molecular complexity index is 648. The van der Waals surface area contributed by atoms with Gasteiger partial charge in [0.1, 0.15) is 5.75 Å². The Balaban J connectivity index is 3.09. The van der Waals surface area contributed by atoms with E-state index in [9.17, 15) is 14.7 Å². The molecule has 4 nitrogen and oxygen atoms in total. The molecule has 2 N–H and O–H groups in total. The fraction of sp³-hybridized carbons (Fsp3) is 0. The summed E-state index contributed by atoms with van der Waals surface area (Å²) in [5.41, 5.74) is -1.03. The van der Waals surface area contributed by atoms with Crippen molar-refractivity contribution in [3.8, 4) is 5.75 Å². The van der Waals surface area contributed by atoms with Crippen LogP contribution in [0.15, 0.2) is 33.9 Å². The average molecular weight is 315 g/mol. The lowest BCUT2D eigenvalue weighted by Crippen LogP contribution is -2.22. The smallest absolute Gasteiger partial charge is 0.296 e. The van der Waals surface area contributed by atoms with Gasteiger partial charge in [-0.05, 0) is 40.8 Å². The van der Waals surface area contributed by atoms with Crippen LogP contribution in [0, 0.1) is 3.57 Å². The highest BCUT2D eigenvalue weighted by atomic mass is 127. The van der Waals surface area contributed by atoms with Crippen LogP contribution in [0.25, 0.3) is 10.9 Å². The number of hydrogen-bond donors (Lipinski definition) is 2. The van der Waals surface area contributed by atoms with E-state index in [0.717, 1.165) is 9.64 Å². The number of aromatic amines is 1. The Hall–Kier alpha value is -1.37. The zero-order chi connectivity index (χ0) is 11.0. The standard InChI is InChI=1S/C10H6INO3/c11-5-1-2-6-7(3-5)12-10(15)9(14)4-8(6)13/h1-4,13H,(H,12,14,15). The van der Waals surface area contributed by atoms with Crippen molar-refractivity contribution in [3.05, 3.63) is 48.4 Å². The van der Waals surface area contributed by atoms with Gasteiger partial charge in [0.2, 0.25) is 5.43 Å². The minimum absolute atomic E-state index is 0.190. The maximum Gasteiger partial charge on any atom is 0.296 e. The summed E-state index contributed by atoms with van der Waals surface area (Å²) < 4.78 is 0.911. The number of benzene rings is 1. The fourth-order valence-electron chi connectivity index (χ4n) is 1.29. The fourth-order valence-corrected chi connectivity index (χ4v) is 1.79. The van der Waals surface area contributed by atoms with E-state index in [1.54, 1.807) is 18.2 Å². The highest BCUT2D eigenvalue weighted by molar-refractivity contribution is 14.1. The van der Waals surface area contributed by atoms with E-state index in [4.69, 9.17) is 0 Å². The second kappa shape index (κ2) is 3.65. The molecule has 1 aromatic carbocycles. The summed E-state index contributed by atoms with van der Waals surface area (Å²) in [6.07, 6.45) is 0. The number of nitrogens with one attached hydrogen (secondary N) is 1. The Labute approximate surface area is 97.7 Å². The number of halogens is 1. The van der Waals surface area contributed by atoms with E-state index in [2.05, 4.69) is 27.6 Å². The van der Waals surface area contributed by atoms with Crippen molar-refractivity contribution in [2.45, 2.75) is 0 Å². The molecule has 0 amide bonds. The van der Waals surface area contributed by atoms with Crippen LogP contribution in [0.4, 0.5) is 0 Å². The second-order valence-electron chi connectivity index (χ2n) is 3.04. The molecular weight excluding hydrogens is 309 g/mol. The SMILES string of the molecule is O=c1cc(O)c2ccc(I)cc2[nH]c1=O. The molecule has 15 heavy (non-hydrogen) atoms. The van der Waals surface area contributed by atoms with E-state index in [1.165, 1.54) is 0 Å². The predicted molar refractivity (Wildman–Crippen MR) is 65.2 cm³/mol. The highest BCUT2D eigenvalue weighted by Crippen LogP contribution is 2.20. The normalized spacial score (nSPS) is 10.5. The molecule has 0 saturated heterocycles. The largest absolute Gasteiger partial charge is 0.507 e. The zero-order valence-corrected chi connectivity index (χ0v) is 9.61. The first-order valence-corrected chi connectivity index (χ1v) is 5.21. The molecule has 1 aromatic heterocycles. The lowest BCUT2D eigenvalue weighted by molar-refractivity contribution is 0.481. The lowest BCUT2D eigenvalue weighted by atomic mass is 10.2. The third kappa shape index (κ3) is 1.87. The van der Waals surface area contributed by atoms with Gasteiger partial charge >= 0.3 is 0 Å². The van der Waals surface area contributed by atoms with Gasteiger partial charge < -0.3 is 10.1 Å². The van der Waals surface area contributed by atoms with Crippen molar-refractivity contribution in [1.29, 1.82) is 0 Å². The van der Waals surface area contributed by atoms with Gasteiger partial charge in [-0.15, -0.1) is 0 Å². The first-order chi connectivity index (χ1) is 7.08. The zero-order valence-electron chi connectivity index (χ0n) is 7.45. The molecule has 0 saturated carbocycles. The Kier molecular flexibility index (Phi) is 2.47. The lowest BCUT2D eigenvalue weighted by Gasteiger charge is -1.95. The number of aromatic nitrogens is 1. The van der Waals surface area contributed by atoms with Gasteiger partial charge in [-0.25, -0.2) is 0 Å². The Morgan fingerprint density at radius 3 is 2.67 bits per heavy atom. The quantitative estimate of drug-likeness (QED) is 0.567. The van der Waals surface area contributed by atoms with Crippen molar-refractivity contribution in [2.75, 3.05) is 0 Å². The molecule has 0 fully saturated rings. The van der Waals surface area contributed by atoms with Crippen LogP contribution in [0.5, 0.6) is 5.75 Å². The molecule has 2 aromatic rings. The number of rotatable bonds is 0. The predicted octanol–water partition coefficient (Wildman–Crippen LogP) is 1.20. The molecule has 0 bridgehead atoms. The summed E-state index contributed by atoms with van der Waals surface area (Å²) in [5, 5.41) is 10.0.